The minimum Gasteiger partial charge on any atom is -0.490 e. The molecular formula is C28H32N2O3. The molecule has 0 amide bonds. The van der Waals surface area contributed by atoms with Gasteiger partial charge >= 0.3 is 0 Å². The molecule has 0 spiro atoms. The molecule has 0 bridgehead atoms. The van der Waals surface area contributed by atoms with Gasteiger partial charge in [-0.2, -0.15) is 0 Å². The number of para-hydroxylation sites is 2. The number of benzene rings is 3. The van der Waals surface area contributed by atoms with Crippen molar-refractivity contribution in [3.05, 3.63) is 89.2 Å². The fraction of sp³-hybridized carbons (Fsp3) is 0.321. The van der Waals surface area contributed by atoms with Crippen molar-refractivity contribution in [3.63, 3.8) is 0 Å². The third kappa shape index (κ3) is 5.20. The van der Waals surface area contributed by atoms with Crippen LogP contribution >= 0.6 is 0 Å². The summed E-state index contributed by atoms with van der Waals surface area (Å²) in [7, 11) is 0. The lowest BCUT2D eigenvalue weighted by molar-refractivity contribution is 0.204. The van der Waals surface area contributed by atoms with Gasteiger partial charge in [0.1, 0.15) is 11.9 Å². The Morgan fingerprint density at radius 3 is 2.27 bits per heavy atom. The lowest BCUT2D eigenvalue weighted by Crippen LogP contribution is -2.11. The summed E-state index contributed by atoms with van der Waals surface area (Å²) in [6.45, 7) is 8.15. The summed E-state index contributed by atoms with van der Waals surface area (Å²) in [6.07, 6.45) is 1.02. The normalized spacial score (nSPS) is 12.1. The van der Waals surface area contributed by atoms with E-state index in [2.05, 4.69) is 30.5 Å². The monoisotopic (exact) mass is 444 g/mol. The molecule has 5 heteroatoms. The molecule has 0 aliphatic rings. The van der Waals surface area contributed by atoms with E-state index in [1.165, 1.54) is 11.1 Å². The van der Waals surface area contributed by atoms with E-state index in [0.29, 0.717) is 19.0 Å². The van der Waals surface area contributed by atoms with Crippen LogP contribution < -0.4 is 9.47 Å². The minimum absolute atomic E-state index is 0.603. The Morgan fingerprint density at radius 2 is 1.55 bits per heavy atom. The summed E-state index contributed by atoms with van der Waals surface area (Å²) >= 11 is 0. The van der Waals surface area contributed by atoms with Crippen molar-refractivity contribution in [2.75, 3.05) is 13.2 Å². The minimum atomic E-state index is -0.770. The number of unbranched alkanes of at least 4 members (excludes halogenated alkanes) is 1. The molecule has 1 aromatic heterocycles. The molecule has 1 N–H and O–H groups in total. The van der Waals surface area contributed by atoms with Gasteiger partial charge in [0, 0.05) is 6.54 Å². The average Bonchev–Trinajstić information content (AvgIpc) is 3.17. The number of aliphatic hydroxyl groups excluding tert-OH is 1. The highest BCUT2D eigenvalue weighted by atomic mass is 16.5. The lowest BCUT2D eigenvalue weighted by atomic mass is 10.1. The van der Waals surface area contributed by atoms with Crippen molar-refractivity contribution in [2.24, 2.45) is 0 Å². The highest BCUT2D eigenvalue weighted by Gasteiger charge is 2.20. The van der Waals surface area contributed by atoms with E-state index in [9.17, 15) is 5.11 Å². The number of rotatable bonds is 10. The van der Waals surface area contributed by atoms with E-state index in [-0.39, 0.29) is 0 Å². The van der Waals surface area contributed by atoms with Crippen LogP contribution in [0.2, 0.25) is 0 Å². The van der Waals surface area contributed by atoms with Crippen LogP contribution in [-0.4, -0.2) is 27.9 Å². The Bertz CT molecular complexity index is 1200. The number of aliphatic hydroxyl groups is 1. The van der Waals surface area contributed by atoms with Gasteiger partial charge in [0.05, 0.1) is 24.2 Å². The van der Waals surface area contributed by atoms with Gasteiger partial charge in [-0.1, -0.05) is 42.5 Å². The van der Waals surface area contributed by atoms with Crippen LogP contribution in [0.5, 0.6) is 11.5 Å². The zero-order chi connectivity index (χ0) is 23.2. The summed E-state index contributed by atoms with van der Waals surface area (Å²) in [4.78, 5) is 4.83. The smallest absolute Gasteiger partial charge is 0.161 e. The van der Waals surface area contributed by atoms with E-state index in [4.69, 9.17) is 14.5 Å². The largest absolute Gasteiger partial charge is 0.490 e. The Morgan fingerprint density at radius 1 is 0.879 bits per heavy atom. The molecule has 3 aromatic carbocycles. The molecule has 0 radical (unpaired) electrons. The SMILES string of the molecule is CCOc1ccccc1OCCCCn1c(C(O)c2ccccc2)nc2cc(C)c(C)cc21. The average molecular weight is 445 g/mol. The highest BCUT2D eigenvalue weighted by molar-refractivity contribution is 5.78. The van der Waals surface area contributed by atoms with Crippen molar-refractivity contribution in [1.82, 2.24) is 9.55 Å². The summed E-state index contributed by atoms with van der Waals surface area (Å²) in [5.41, 5.74) is 5.25. The summed E-state index contributed by atoms with van der Waals surface area (Å²) in [6, 6.07) is 21.8. The Balaban J connectivity index is 1.50. The first kappa shape index (κ1) is 22.9. The summed E-state index contributed by atoms with van der Waals surface area (Å²) in [5, 5.41) is 11.1. The number of ether oxygens (including phenoxy) is 2. The Kier molecular flexibility index (Phi) is 7.30. The standard InChI is InChI=1S/C28H32N2O3/c1-4-32-25-14-8-9-15-26(25)33-17-11-10-16-30-24-19-21(3)20(2)18-23(24)29-28(30)27(31)22-12-6-5-7-13-22/h5-9,12-15,18-19,27,31H,4,10-11,16-17H2,1-3H3. The van der Waals surface area contributed by atoms with Crippen molar-refractivity contribution in [2.45, 2.75) is 46.3 Å². The molecule has 0 aliphatic carbocycles. The molecule has 4 rings (SSSR count). The summed E-state index contributed by atoms with van der Waals surface area (Å²) in [5.74, 6) is 2.24. The first-order chi connectivity index (χ1) is 16.1. The van der Waals surface area contributed by atoms with E-state index >= 15 is 0 Å². The quantitative estimate of drug-likeness (QED) is 0.305. The van der Waals surface area contributed by atoms with Gasteiger partial charge in [0.2, 0.25) is 0 Å². The molecule has 1 heterocycles. The third-order valence-corrected chi connectivity index (χ3v) is 5.94. The predicted octanol–water partition coefficient (Wildman–Crippen LogP) is 5.99. The maximum absolute atomic E-state index is 11.1. The van der Waals surface area contributed by atoms with Crippen LogP contribution in [0, 0.1) is 13.8 Å². The van der Waals surface area contributed by atoms with Gasteiger partial charge in [-0.25, -0.2) is 4.98 Å². The molecule has 0 aliphatic heterocycles. The van der Waals surface area contributed by atoms with Crippen LogP contribution in [0.1, 0.15) is 48.4 Å². The molecule has 33 heavy (non-hydrogen) atoms. The number of imidazole rings is 1. The van der Waals surface area contributed by atoms with Gasteiger partial charge in [0.25, 0.3) is 0 Å². The molecule has 0 saturated carbocycles. The molecule has 5 nitrogen and oxygen atoms in total. The van der Waals surface area contributed by atoms with Crippen LogP contribution in [0.25, 0.3) is 11.0 Å². The van der Waals surface area contributed by atoms with E-state index in [1.54, 1.807) is 0 Å². The number of nitrogens with zero attached hydrogens (tertiary/aromatic N) is 2. The van der Waals surface area contributed by atoms with E-state index in [1.807, 2.05) is 61.5 Å². The maximum Gasteiger partial charge on any atom is 0.161 e. The van der Waals surface area contributed by atoms with Gasteiger partial charge < -0.3 is 19.1 Å². The van der Waals surface area contributed by atoms with Crippen LogP contribution in [0.4, 0.5) is 0 Å². The molecular weight excluding hydrogens is 412 g/mol. The summed E-state index contributed by atoms with van der Waals surface area (Å²) < 4.78 is 13.8. The Hall–Kier alpha value is -3.31. The van der Waals surface area contributed by atoms with Gasteiger partial charge in [-0.05, 0) is 74.6 Å². The number of hydrogen-bond donors (Lipinski definition) is 1. The zero-order valence-corrected chi connectivity index (χ0v) is 19.6. The van der Waals surface area contributed by atoms with Crippen molar-refractivity contribution < 1.29 is 14.6 Å². The maximum atomic E-state index is 11.1. The second-order valence-electron chi connectivity index (χ2n) is 8.30. The van der Waals surface area contributed by atoms with Crippen molar-refractivity contribution >= 4 is 11.0 Å². The third-order valence-electron chi connectivity index (χ3n) is 5.94. The van der Waals surface area contributed by atoms with Gasteiger partial charge in [-0.3, -0.25) is 0 Å². The van der Waals surface area contributed by atoms with E-state index < -0.39 is 6.10 Å². The molecule has 4 aromatic rings. The molecule has 1 atom stereocenters. The highest BCUT2D eigenvalue weighted by Crippen LogP contribution is 2.29. The van der Waals surface area contributed by atoms with E-state index in [0.717, 1.165) is 47.5 Å². The predicted molar refractivity (Wildman–Crippen MR) is 132 cm³/mol. The van der Waals surface area contributed by atoms with Crippen LogP contribution in [0.15, 0.2) is 66.7 Å². The van der Waals surface area contributed by atoms with Gasteiger partial charge in [0.15, 0.2) is 11.5 Å². The number of aryl methyl sites for hydroxylation is 3. The van der Waals surface area contributed by atoms with Crippen LogP contribution in [-0.2, 0) is 6.54 Å². The Labute approximate surface area is 195 Å². The lowest BCUT2D eigenvalue weighted by Gasteiger charge is -2.15. The fourth-order valence-corrected chi connectivity index (χ4v) is 4.03. The molecule has 172 valence electrons. The fourth-order valence-electron chi connectivity index (χ4n) is 4.03. The second-order valence-corrected chi connectivity index (χ2v) is 8.30. The molecule has 0 saturated heterocycles. The first-order valence-corrected chi connectivity index (χ1v) is 11.6. The number of fused-ring (bicyclic) bond motifs is 1. The number of hydrogen-bond acceptors (Lipinski definition) is 4. The van der Waals surface area contributed by atoms with Crippen molar-refractivity contribution in [3.8, 4) is 11.5 Å². The molecule has 0 fully saturated rings. The van der Waals surface area contributed by atoms with Crippen molar-refractivity contribution in [1.29, 1.82) is 0 Å². The van der Waals surface area contributed by atoms with Crippen LogP contribution in [0.3, 0.4) is 0 Å². The van der Waals surface area contributed by atoms with Gasteiger partial charge in [-0.15, -0.1) is 0 Å². The zero-order valence-electron chi connectivity index (χ0n) is 19.6. The topological polar surface area (TPSA) is 56.5 Å². The second kappa shape index (κ2) is 10.5. The molecule has 1 unspecified atom stereocenters. The first-order valence-electron chi connectivity index (χ1n) is 11.6. The number of aromatic nitrogens is 2.